The summed E-state index contributed by atoms with van der Waals surface area (Å²) < 4.78 is 5.07. The topological polar surface area (TPSA) is 67.0 Å². The molecule has 0 bridgehead atoms. The molecule has 1 aliphatic rings. The first-order chi connectivity index (χ1) is 8.16. The van der Waals surface area contributed by atoms with Gasteiger partial charge in [-0.25, -0.2) is 0 Å². The van der Waals surface area contributed by atoms with Gasteiger partial charge in [-0.15, -0.1) is 5.10 Å². The molecular weight excluding hydrogens is 238 g/mol. The Balaban J connectivity index is 1.98. The van der Waals surface area contributed by atoms with Crippen LogP contribution in [0.4, 0.5) is 0 Å². The summed E-state index contributed by atoms with van der Waals surface area (Å²) in [7, 11) is 0. The largest absolute Gasteiger partial charge is 0.463 e. The second kappa shape index (κ2) is 5.18. The van der Waals surface area contributed by atoms with Gasteiger partial charge < -0.3 is 9.73 Å². The van der Waals surface area contributed by atoms with Gasteiger partial charge in [0, 0.05) is 0 Å². The summed E-state index contributed by atoms with van der Waals surface area (Å²) in [5.41, 5.74) is 0. The molecule has 0 aromatic carbocycles. The van der Waals surface area contributed by atoms with Crippen LogP contribution in [0.5, 0.6) is 0 Å². The molecule has 1 aromatic rings. The van der Waals surface area contributed by atoms with Crippen LogP contribution >= 0.6 is 11.8 Å². The van der Waals surface area contributed by atoms with E-state index in [4.69, 9.17) is 4.42 Å². The molecule has 2 rings (SSSR count). The summed E-state index contributed by atoms with van der Waals surface area (Å²) >= 11 is 1.41. The summed E-state index contributed by atoms with van der Waals surface area (Å²) in [5.74, 6) is 0.905. The maximum absolute atomic E-state index is 11.5. The number of carbonyl (C=O) groups is 1. The standard InChI is InChI=1S/C11H13N3O2S/c1-7(2)9-10(15)13-11(17-9)14-12-6-8-4-3-5-16-8/h3-7,9H,1-2H3,(H,13,14,15)/b12-6-. The van der Waals surface area contributed by atoms with E-state index >= 15 is 0 Å². The molecule has 1 amide bonds. The van der Waals surface area contributed by atoms with Crippen LogP contribution in [0.1, 0.15) is 19.6 Å². The number of amidine groups is 1. The lowest BCUT2D eigenvalue weighted by molar-refractivity contribution is -0.119. The molecule has 17 heavy (non-hydrogen) atoms. The summed E-state index contributed by atoms with van der Waals surface area (Å²) in [6.07, 6.45) is 3.07. The highest BCUT2D eigenvalue weighted by molar-refractivity contribution is 8.15. The van der Waals surface area contributed by atoms with Crippen molar-refractivity contribution >= 4 is 29.1 Å². The van der Waals surface area contributed by atoms with Crippen LogP contribution in [0, 0.1) is 5.92 Å². The van der Waals surface area contributed by atoms with Crippen LogP contribution in [0.15, 0.2) is 33.0 Å². The molecule has 1 unspecified atom stereocenters. The fraction of sp³-hybridized carbons (Fsp3) is 0.364. The van der Waals surface area contributed by atoms with Gasteiger partial charge in [-0.2, -0.15) is 5.10 Å². The van der Waals surface area contributed by atoms with Gasteiger partial charge in [-0.3, -0.25) is 4.79 Å². The van der Waals surface area contributed by atoms with E-state index in [2.05, 4.69) is 15.5 Å². The lowest BCUT2D eigenvalue weighted by atomic mass is 10.1. The predicted molar refractivity (Wildman–Crippen MR) is 68.1 cm³/mol. The Labute approximate surface area is 103 Å². The van der Waals surface area contributed by atoms with E-state index < -0.39 is 0 Å². The summed E-state index contributed by atoms with van der Waals surface area (Å²) in [5, 5.41) is 11.0. The van der Waals surface area contributed by atoms with Crippen LogP contribution < -0.4 is 5.32 Å². The van der Waals surface area contributed by atoms with Gasteiger partial charge in [0.1, 0.15) is 5.76 Å². The SMILES string of the molecule is CC(C)C1SC(=N/N=C\c2ccco2)NC1=O. The summed E-state index contributed by atoms with van der Waals surface area (Å²) in [6.45, 7) is 4.01. The molecular formula is C11H13N3O2S. The molecule has 0 saturated carbocycles. The number of amides is 1. The lowest BCUT2D eigenvalue weighted by Crippen LogP contribution is -2.27. The molecule has 0 spiro atoms. The highest BCUT2D eigenvalue weighted by Gasteiger charge is 2.32. The van der Waals surface area contributed by atoms with Crippen molar-refractivity contribution < 1.29 is 9.21 Å². The van der Waals surface area contributed by atoms with Crippen molar-refractivity contribution in [2.45, 2.75) is 19.1 Å². The summed E-state index contributed by atoms with van der Waals surface area (Å²) in [4.78, 5) is 11.5. The van der Waals surface area contributed by atoms with Crippen molar-refractivity contribution in [3.05, 3.63) is 24.2 Å². The lowest BCUT2D eigenvalue weighted by Gasteiger charge is -2.07. The van der Waals surface area contributed by atoms with Crippen molar-refractivity contribution in [1.29, 1.82) is 0 Å². The monoisotopic (exact) mass is 251 g/mol. The molecule has 1 aromatic heterocycles. The Bertz CT molecular complexity index is 451. The van der Waals surface area contributed by atoms with E-state index in [0.717, 1.165) is 0 Å². The van der Waals surface area contributed by atoms with E-state index in [9.17, 15) is 4.79 Å². The molecule has 1 N–H and O–H groups in total. The number of carbonyl (C=O) groups excluding carboxylic acids is 1. The van der Waals surface area contributed by atoms with Crippen molar-refractivity contribution in [1.82, 2.24) is 5.32 Å². The molecule has 90 valence electrons. The zero-order chi connectivity index (χ0) is 12.3. The van der Waals surface area contributed by atoms with Gasteiger partial charge in [-0.05, 0) is 18.1 Å². The average molecular weight is 251 g/mol. The minimum Gasteiger partial charge on any atom is -0.463 e. The molecule has 2 heterocycles. The molecule has 1 atom stereocenters. The molecule has 0 aliphatic carbocycles. The van der Waals surface area contributed by atoms with E-state index in [1.807, 2.05) is 13.8 Å². The Morgan fingerprint density at radius 1 is 1.59 bits per heavy atom. The van der Waals surface area contributed by atoms with Crippen LogP contribution in [-0.2, 0) is 4.79 Å². The molecule has 1 saturated heterocycles. The number of hydrogen-bond acceptors (Lipinski definition) is 5. The maximum Gasteiger partial charge on any atom is 0.239 e. The van der Waals surface area contributed by atoms with E-state index in [0.29, 0.717) is 10.9 Å². The van der Waals surface area contributed by atoms with Crippen LogP contribution in [0.2, 0.25) is 0 Å². The maximum atomic E-state index is 11.5. The van der Waals surface area contributed by atoms with Crippen LogP contribution in [-0.4, -0.2) is 22.5 Å². The van der Waals surface area contributed by atoms with Gasteiger partial charge >= 0.3 is 0 Å². The minimum atomic E-state index is -0.0763. The van der Waals surface area contributed by atoms with Crippen LogP contribution in [0.3, 0.4) is 0 Å². The van der Waals surface area contributed by atoms with Gasteiger partial charge in [0.15, 0.2) is 5.17 Å². The third kappa shape index (κ3) is 2.97. The number of rotatable bonds is 3. The number of nitrogens with one attached hydrogen (secondary N) is 1. The second-order valence-corrected chi connectivity index (χ2v) is 5.07. The van der Waals surface area contributed by atoms with E-state index in [1.54, 1.807) is 18.4 Å². The third-order valence-electron chi connectivity index (χ3n) is 2.21. The first kappa shape index (κ1) is 11.9. The molecule has 6 heteroatoms. The number of hydrogen-bond donors (Lipinski definition) is 1. The average Bonchev–Trinajstić information content (AvgIpc) is 2.88. The Morgan fingerprint density at radius 2 is 2.41 bits per heavy atom. The molecule has 1 aliphatic heterocycles. The first-order valence-electron chi connectivity index (χ1n) is 5.29. The number of thioether (sulfide) groups is 1. The van der Waals surface area contributed by atoms with Gasteiger partial charge in [-0.1, -0.05) is 25.6 Å². The summed E-state index contributed by atoms with van der Waals surface area (Å²) in [6, 6.07) is 3.55. The predicted octanol–water partition coefficient (Wildman–Crippen LogP) is 1.86. The molecule has 1 fully saturated rings. The molecule has 5 nitrogen and oxygen atoms in total. The highest BCUT2D eigenvalue weighted by Crippen LogP contribution is 2.25. The van der Waals surface area contributed by atoms with Crippen molar-refractivity contribution in [3.8, 4) is 0 Å². The fourth-order valence-electron chi connectivity index (χ4n) is 1.37. The number of furan rings is 1. The van der Waals surface area contributed by atoms with Gasteiger partial charge in [0.2, 0.25) is 5.91 Å². The minimum absolute atomic E-state index is 0.00283. The second-order valence-electron chi connectivity index (χ2n) is 3.94. The van der Waals surface area contributed by atoms with E-state index in [-0.39, 0.29) is 17.1 Å². The zero-order valence-electron chi connectivity index (χ0n) is 9.58. The number of nitrogens with zero attached hydrogens (tertiary/aromatic N) is 2. The fourth-order valence-corrected chi connectivity index (χ4v) is 2.30. The Hall–Kier alpha value is -1.56. The Morgan fingerprint density at radius 3 is 3.00 bits per heavy atom. The third-order valence-corrected chi connectivity index (χ3v) is 3.63. The smallest absolute Gasteiger partial charge is 0.239 e. The van der Waals surface area contributed by atoms with Crippen molar-refractivity contribution in [2.24, 2.45) is 16.1 Å². The highest BCUT2D eigenvalue weighted by atomic mass is 32.2. The Kier molecular flexibility index (Phi) is 3.63. The first-order valence-corrected chi connectivity index (χ1v) is 6.17. The normalized spacial score (nSPS) is 22.9. The zero-order valence-corrected chi connectivity index (χ0v) is 10.4. The van der Waals surface area contributed by atoms with E-state index in [1.165, 1.54) is 18.0 Å². The molecule has 0 radical (unpaired) electrons. The van der Waals surface area contributed by atoms with Crippen molar-refractivity contribution in [3.63, 3.8) is 0 Å². The van der Waals surface area contributed by atoms with Crippen LogP contribution in [0.25, 0.3) is 0 Å². The quantitative estimate of drug-likeness (QED) is 0.658. The van der Waals surface area contributed by atoms with Gasteiger partial charge in [0.05, 0.1) is 17.7 Å². The van der Waals surface area contributed by atoms with Crippen molar-refractivity contribution in [2.75, 3.05) is 0 Å². The van der Waals surface area contributed by atoms with Gasteiger partial charge in [0.25, 0.3) is 0 Å².